The Morgan fingerprint density at radius 3 is 2.58 bits per heavy atom. The molecule has 9 heteroatoms. The van der Waals surface area contributed by atoms with E-state index in [-0.39, 0.29) is 23.9 Å². The van der Waals surface area contributed by atoms with Gasteiger partial charge in [-0.3, -0.25) is 14.4 Å². The van der Waals surface area contributed by atoms with Crippen LogP contribution in [0, 0.1) is 25.7 Å². The molecule has 3 saturated heterocycles. The summed E-state index contributed by atoms with van der Waals surface area (Å²) in [6.45, 7) is 9.13. The van der Waals surface area contributed by atoms with Gasteiger partial charge in [0.1, 0.15) is 11.6 Å². The van der Waals surface area contributed by atoms with Crippen LogP contribution in [0.15, 0.2) is 30.9 Å². The van der Waals surface area contributed by atoms with Crippen LogP contribution in [0.5, 0.6) is 0 Å². The van der Waals surface area contributed by atoms with Gasteiger partial charge in [-0.25, -0.2) is 0 Å². The minimum absolute atomic E-state index is 0.209. The van der Waals surface area contributed by atoms with Gasteiger partial charge in [-0.15, -0.1) is 6.58 Å². The Morgan fingerprint density at radius 1 is 1.39 bits per heavy atom. The third kappa shape index (κ3) is 3.35. The molecule has 8 nitrogen and oxygen atoms in total. The van der Waals surface area contributed by atoms with Crippen LogP contribution in [0.25, 0.3) is 0 Å². The van der Waals surface area contributed by atoms with Crippen molar-refractivity contribution in [2.45, 2.75) is 55.8 Å². The standard InChI is InChI=1S/C24H29BrN2O6/c1-5-9-26(18-12(2)7-6-8-13(18)3)22(30)20-24-10-15(25)19(33-24)16(23(31)32)17(24)21(29)27(20)14(4)11-28/h5-8,14-17,19-20,28H,1,9-11H2,2-4H3,(H,31,32)/t14-,15?,16-,17+,19-,20?,24?/m1/s1. The first-order valence-electron chi connectivity index (χ1n) is 11.1. The molecular formula is C24H29BrN2O6. The predicted octanol–water partition coefficient (Wildman–Crippen LogP) is 2.04. The maximum absolute atomic E-state index is 14.3. The second kappa shape index (κ2) is 8.52. The maximum atomic E-state index is 14.3. The number of amides is 2. The molecule has 0 saturated carbocycles. The topological polar surface area (TPSA) is 107 Å². The second-order valence-electron chi connectivity index (χ2n) is 9.26. The number of aliphatic carboxylic acids is 1. The molecule has 1 spiro atoms. The van der Waals surface area contributed by atoms with E-state index in [4.69, 9.17) is 4.74 Å². The summed E-state index contributed by atoms with van der Waals surface area (Å²) in [4.78, 5) is 42.7. The van der Waals surface area contributed by atoms with E-state index >= 15 is 0 Å². The first-order chi connectivity index (χ1) is 15.6. The van der Waals surface area contributed by atoms with Gasteiger partial charge in [-0.2, -0.15) is 0 Å². The first-order valence-corrected chi connectivity index (χ1v) is 12.0. The molecule has 7 atom stereocenters. The number of ether oxygens (including phenoxy) is 1. The molecular weight excluding hydrogens is 492 g/mol. The monoisotopic (exact) mass is 520 g/mol. The highest BCUT2D eigenvalue weighted by molar-refractivity contribution is 9.09. The number of carboxylic acid groups (broad SMARTS) is 1. The zero-order valence-electron chi connectivity index (χ0n) is 18.9. The number of hydrogen-bond acceptors (Lipinski definition) is 5. The van der Waals surface area contributed by atoms with Gasteiger partial charge in [0.05, 0.1) is 30.6 Å². The smallest absolute Gasteiger partial charge is 0.310 e. The highest BCUT2D eigenvalue weighted by Crippen LogP contribution is 2.60. The Morgan fingerprint density at radius 2 is 2.03 bits per heavy atom. The zero-order chi connectivity index (χ0) is 24.2. The Balaban J connectivity index is 1.87. The van der Waals surface area contributed by atoms with Crippen LogP contribution in [-0.2, 0) is 19.1 Å². The van der Waals surface area contributed by atoms with Crippen LogP contribution in [0.1, 0.15) is 24.5 Å². The second-order valence-corrected chi connectivity index (χ2v) is 10.4. The number of nitrogens with zero attached hydrogens (tertiary/aromatic N) is 2. The third-order valence-corrected chi connectivity index (χ3v) is 8.12. The SMILES string of the molecule is C=CCN(C(=O)C1N([C@H](C)CO)C(=O)[C@@H]2[C@@H](C(=O)O)[C@@H]3OC12CC3Br)c1c(C)cccc1C. The van der Waals surface area contributed by atoms with Crippen molar-refractivity contribution in [2.24, 2.45) is 11.8 Å². The lowest BCUT2D eigenvalue weighted by Crippen LogP contribution is -2.59. The number of carboxylic acids is 1. The number of fused-ring (bicyclic) bond motifs is 1. The average Bonchev–Trinajstić information content (AvgIpc) is 3.35. The van der Waals surface area contributed by atoms with Crippen LogP contribution in [-0.4, -0.2) is 74.7 Å². The number of alkyl halides is 1. The fraction of sp³-hybridized carbons (Fsp3) is 0.542. The number of halogens is 1. The minimum Gasteiger partial charge on any atom is -0.481 e. The van der Waals surface area contributed by atoms with Gasteiger partial charge in [-0.1, -0.05) is 40.2 Å². The summed E-state index contributed by atoms with van der Waals surface area (Å²) in [5.41, 5.74) is 1.23. The first kappa shape index (κ1) is 23.9. The number of aryl methyl sites for hydroxylation is 2. The maximum Gasteiger partial charge on any atom is 0.310 e. The number of carbonyl (C=O) groups is 3. The zero-order valence-corrected chi connectivity index (χ0v) is 20.5. The molecule has 2 N–H and O–H groups in total. The van der Waals surface area contributed by atoms with Crippen LogP contribution in [0.3, 0.4) is 0 Å². The van der Waals surface area contributed by atoms with Gasteiger partial charge in [0.2, 0.25) is 5.91 Å². The van der Waals surface area contributed by atoms with Crippen molar-refractivity contribution in [1.82, 2.24) is 4.90 Å². The molecule has 3 unspecified atom stereocenters. The molecule has 178 valence electrons. The fourth-order valence-electron chi connectivity index (χ4n) is 5.99. The summed E-state index contributed by atoms with van der Waals surface area (Å²) < 4.78 is 6.28. The average molecular weight is 521 g/mol. The van der Waals surface area contributed by atoms with Crippen molar-refractivity contribution in [2.75, 3.05) is 18.1 Å². The number of aliphatic hydroxyl groups is 1. The highest BCUT2D eigenvalue weighted by atomic mass is 79.9. The number of likely N-dealkylation sites (tertiary alicyclic amines) is 1. The van der Waals surface area contributed by atoms with Gasteiger partial charge >= 0.3 is 5.97 Å². The molecule has 1 aromatic carbocycles. The molecule has 0 aliphatic carbocycles. The number of para-hydroxylation sites is 1. The molecule has 2 amide bonds. The van der Waals surface area contributed by atoms with E-state index in [1.807, 2.05) is 32.0 Å². The van der Waals surface area contributed by atoms with Gasteiger partial charge < -0.3 is 24.7 Å². The number of anilines is 1. The minimum atomic E-state index is -1.28. The van der Waals surface area contributed by atoms with Gasteiger partial charge in [0.15, 0.2) is 0 Å². The summed E-state index contributed by atoms with van der Waals surface area (Å²) in [5, 5.41) is 19.9. The number of rotatable bonds is 7. The third-order valence-electron chi connectivity index (χ3n) is 7.27. The summed E-state index contributed by atoms with van der Waals surface area (Å²) >= 11 is 3.53. The molecule has 0 aromatic heterocycles. The molecule has 1 aromatic rings. The van der Waals surface area contributed by atoms with Crippen molar-refractivity contribution < 1.29 is 29.3 Å². The lowest BCUT2D eigenvalue weighted by molar-refractivity contribution is -0.150. The van der Waals surface area contributed by atoms with Crippen molar-refractivity contribution in [3.8, 4) is 0 Å². The number of aliphatic hydroxyl groups excluding tert-OH is 1. The van der Waals surface area contributed by atoms with E-state index in [1.54, 1.807) is 17.9 Å². The van der Waals surface area contributed by atoms with Crippen LogP contribution in [0.4, 0.5) is 5.69 Å². The van der Waals surface area contributed by atoms with Crippen molar-refractivity contribution in [3.63, 3.8) is 0 Å². The van der Waals surface area contributed by atoms with Crippen molar-refractivity contribution in [3.05, 3.63) is 42.0 Å². The van der Waals surface area contributed by atoms with Crippen LogP contribution >= 0.6 is 15.9 Å². The Labute approximate surface area is 201 Å². The molecule has 0 radical (unpaired) electrons. The molecule has 3 fully saturated rings. The molecule has 3 aliphatic rings. The Kier molecular flexibility index (Phi) is 6.18. The van der Waals surface area contributed by atoms with Crippen LogP contribution in [0.2, 0.25) is 0 Å². The lowest BCUT2D eigenvalue weighted by atomic mass is 9.70. The molecule has 3 aliphatic heterocycles. The summed E-state index contributed by atoms with van der Waals surface area (Å²) in [6.07, 6.45) is 1.25. The number of hydrogen-bond donors (Lipinski definition) is 2. The molecule has 2 bridgehead atoms. The quantitative estimate of drug-likeness (QED) is 0.420. The fourth-order valence-corrected chi connectivity index (χ4v) is 6.93. The van der Waals surface area contributed by atoms with Gasteiger partial charge in [0, 0.05) is 17.1 Å². The molecule has 33 heavy (non-hydrogen) atoms. The van der Waals surface area contributed by atoms with Crippen molar-refractivity contribution >= 4 is 39.4 Å². The highest BCUT2D eigenvalue weighted by Gasteiger charge is 2.77. The Bertz CT molecular complexity index is 994. The number of benzene rings is 1. The number of carbonyl (C=O) groups excluding carboxylic acids is 2. The van der Waals surface area contributed by atoms with E-state index < -0.39 is 47.5 Å². The van der Waals surface area contributed by atoms with E-state index in [1.165, 1.54) is 4.90 Å². The van der Waals surface area contributed by atoms with E-state index in [9.17, 15) is 24.6 Å². The molecule has 3 heterocycles. The van der Waals surface area contributed by atoms with Crippen molar-refractivity contribution in [1.29, 1.82) is 0 Å². The van der Waals surface area contributed by atoms with Crippen LogP contribution < -0.4 is 4.90 Å². The van der Waals surface area contributed by atoms with E-state index in [0.717, 1.165) is 16.8 Å². The summed E-state index contributed by atoms with van der Waals surface area (Å²) in [7, 11) is 0. The molecule has 4 rings (SSSR count). The van der Waals surface area contributed by atoms with E-state index in [0.29, 0.717) is 6.42 Å². The van der Waals surface area contributed by atoms with E-state index in [2.05, 4.69) is 22.5 Å². The van der Waals surface area contributed by atoms with Gasteiger partial charge in [-0.05, 0) is 38.3 Å². The van der Waals surface area contributed by atoms with Gasteiger partial charge in [0.25, 0.3) is 5.91 Å². The Hall–Kier alpha value is -2.23. The predicted molar refractivity (Wildman–Crippen MR) is 125 cm³/mol. The lowest BCUT2D eigenvalue weighted by Gasteiger charge is -2.39. The largest absolute Gasteiger partial charge is 0.481 e. The summed E-state index contributed by atoms with van der Waals surface area (Å²) in [5.74, 6) is -3.99. The normalized spacial score (nSPS) is 33.2. The summed E-state index contributed by atoms with van der Waals surface area (Å²) in [6, 6.07) is 3.99.